The molecule has 3 aliphatic rings. The number of aliphatic hydroxyl groups excluding tert-OH is 1. The summed E-state index contributed by atoms with van der Waals surface area (Å²) >= 11 is 0. The van der Waals surface area contributed by atoms with E-state index in [1.165, 1.54) is 28.3 Å². The van der Waals surface area contributed by atoms with Crippen LogP contribution < -0.4 is 0 Å². The first-order chi connectivity index (χ1) is 16.7. The third-order valence-electron chi connectivity index (χ3n) is 8.57. The Morgan fingerprint density at radius 3 is 2.77 bits per heavy atom. The smallest absolute Gasteiger partial charge is 0.305 e. The maximum Gasteiger partial charge on any atom is 0.305 e. The lowest BCUT2D eigenvalue weighted by Crippen LogP contribution is -2.45. The van der Waals surface area contributed by atoms with Gasteiger partial charge in [0.1, 0.15) is 5.82 Å². The molecule has 5 rings (SSSR count). The number of hydrogen-bond acceptors (Lipinski definition) is 4. The summed E-state index contributed by atoms with van der Waals surface area (Å²) in [5, 5.41) is 20.1. The number of fused-ring (bicyclic) bond motifs is 5. The minimum absolute atomic E-state index is 0.0520. The molecule has 184 valence electrons. The van der Waals surface area contributed by atoms with Crippen molar-refractivity contribution in [2.24, 2.45) is 17.3 Å². The molecule has 2 N–H and O–H groups in total. The van der Waals surface area contributed by atoms with Crippen molar-refractivity contribution < 1.29 is 24.2 Å². The Morgan fingerprint density at radius 1 is 1.23 bits per heavy atom. The zero-order chi connectivity index (χ0) is 24.9. The first kappa shape index (κ1) is 23.7. The zero-order valence-corrected chi connectivity index (χ0v) is 20.1. The van der Waals surface area contributed by atoms with Crippen LogP contribution in [0.4, 0.5) is 4.39 Å². The molecular formula is C28H31FN2O4. The number of pyridine rings is 1. The van der Waals surface area contributed by atoms with Gasteiger partial charge in [-0.25, -0.2) is 4.39 Å². The second kappa shape index (κ2) is 8.86. The van der Waals surface area contributed by atoms with Crippen LogP contribution in [0.25, 0.3) is 5.57 Å². The highest BCUT2D eigenvalue weighted by molar-refractivity contribution is 5.94. The van der Waals surface area contributed by atoms with Crippen LogP contribution in [-0.2, 0) is 11.2 Å². The minimum atomic E-state index is -0.925. The minimum Gasteiger partial charge on any atom is -0.481 e. The van der Waals surface area contributed by atoms with E-state index in [9.17, 15) is 19.1 Å². The number of amides is 1. The van der Waals surface area contributed by atoms with Crippen molar-refractivity contribution in [1.29, 1.82) is 0 Å². The van der Waals surface area contributed by atoms with E-state index in [1.807, 2.05) is 18.2 Å². The van der Waals surface area contributed by atoms with Gasteiger partial charge in [0.2, 0.25) is 0 Å². The van der Waals surface area contributed by atoms with Crippen molar-refractivity contribution in [2.45, 2.75) is 51.0 Å². The number of aliphatic hydroxyl groups is 1. The number of carbonyl (C=O) groups excluding carboxylic acids is 1. The number of carboxylic acid groups (broad SMARTS) is 1. The standard InChI is InChI=1S/C28H31FN2O4/c1-28-9-7-21-20-5-4-17(27(35)31(2)10-8-25(33)34)11-16(20)3-6-22(21)26(28)24(32)13-23(28)18-12-19(29)15-30-14-18/h4-5,11-15,21-22,24,26,32H,3,6-10H2,1-2H3,(H,33,34)/t21-,22-,24-,26-,28-/m1/s1. The predicted molar refractivity (Wildman–Crippen MR) is 129 cm³/mol. The molecule has 1 heterocycles. The average Bonchev–Trinajstić information content (AvgIpc) is 3.12. The lowest BCUT2D eigenvalue weighted by Gasteiger charge is -2.51. The molecule has 1 aromatic heterocycles. The third-order valence-corrected chi connectivity index (χ3v) is 8.57. The third kappa shape index (κ3) is 4.05. The van der Waals surface area contributed by atoms with E-state index in [1.54, 1.807) is 13.2 Å². The quantitative estimate of drug-likeness (QED) is 0.669. The molecule has 1 fully saturated rings. The highest BCUT2D eigenvalue weighted by atomic mass is 19.1. The van der Waals surface area contributed by atoms with Gasteiger partial charge in [0.05, 0.1) is 18.7 Å². The number of nitrogens with zero attached hydrogens (tertiary/aromatic N) is 2. The summed E-state index contributed by atoms with van der Waals surface area (Å²) in [6, 6.07) is 7.38. The van der Waals surface area contributed by atoms with Crippen LogP contribution in [0.3, 0.4) is 0 Å². The van der Waals surface area contributed by atoms with Gasteiger partial charge in [0, 0.05) is 31.3 Å². The number of hydrogen-bond donors (Lipinski definition) is 2. The number of aryl methyl sites for hydroxylation is 1. The van der Waals surface area contributed by atoms with Gasteiger partial charge in [-0.15, -0.1) is 0 Å². The molecule has 0 aliphatic heterocycles. The van der Waals surface area contributed by atoms with Gasteiger partial charge >= 0.3 is 5.97 Å². The average molecular weight is 479 g/mol. The number of carbonyl (C=O) groups is 2. The SMILES string of the molecule is CN(CCC(=O)O)C(=O)c1ccc2c(c1)CC[C@H]1[C@@H]3[C@H](O)C=C(c4cncc(F)c4)[C@@]3(C)CC[C@H]21. The zero-order valence-electron chi connectivity index (χ0n) is 20.1. The highest BCUT2D eigenvalue weighted by Crippen LogP contribution is 2.63. The summed E-state index contributed by atoms with van der Waals surface area (Å²) in [5.41, 5.74) is 4.51. The van der Waals surface area contributed by atoms with E-state index in [0.717, 1.165) is 36.8 Å². The summed E-state index contributed by atoms with van der Waals surface area (Å²) < 4.78 is 13.9. The molecule has 5 atom stereocenters. The molecular weight excluding hydrogens is 447 g/mol. The second-order valence-electron chi connectivity index (χ2n) is 10.5. The molecule has 2 aromatic rings. The fourth-order valence-corrected chi connectivity index (χ4v) is 6.94. The summed E-state index contributed by atoms with van der Waals surface area (Å²) in [6.07, 6.45) is 7.72. The molecule has 0 radical (unpaired) electrons. The van der Waals surface area contributed by atoms with Crippen molar-refractivity contribution in [3.8, 4) is 0 Å². The second-order valence-corrected chi connectivity index (χ2v) is 10.5. The maximum absolute atomic E-state index is 13.9. The van der Waals surface area contributed by atoms with E-state index in [0.29, 0.717) is 17.4 Å². The maximum atomic E-state index is 13.9. The first-order valence-corrected chi connectivity index (χ1v) is 12.3. The number of aromatic nitrogens is 1. The van der Waals surface area contributed by atoms with Gasteiger partial charge in [0.25, 0.3) is 5.91 Å². The molecule has 0 saturated heterocycles. The van der Waals surface area contributed by atoms with Crippen LogP contribution in [0.5, 0.6) is 0 Å². The Bertz CT molecular complexity index is 1210. The van der Waals surface area contributed by atoms with Gasteiger partial charge < -0.3 is 15.1 Å². The lowest BCUT2D eigenvalue weighted by molar-refractivity contribution is -0.137. The Labute approximate surface area is 204 Å². The van der Waals surface area contributed by atoms with Gasteiger partial charge in [-0.2, -0.15) is 0 Å². The number of benzene rings is 1. The van der Waals surface area contributed by atoms with Gasteiger partial charge in [-0.1, -0.05) is 19.1 Å². The first-order valence-electron chi connectivity index (χ1n) is 12.3. The van der Waals surface area contributed by atoms with E-state index in [4.69, 9.17) is 5.11 Å². The monoisotopic (exact) mass is 478 g/mol. The molecule has 0 unspecified atom stereocenters. The van der Waals surface area contributed by atoms with Crippen LogP contribution >= 0.6 is 0 Å². The number of halogens is 1. The number of carboxylic acids is 1. The van der Waals surface area contributed by atoms with Gasteiger partial charge in [0.15, 0.2) is 0 Å². The summed E-state index contributed by atoms with van der Waals surface area (Å²) in [7, 11) is 1.63. The molecule has 3 aliphatic carbocycles. The highest BCUT2D eigenvalue weighted by Gasteiger charge is 2.55. The van der Waals surface area contributed by atoms with E-state index >= 15 is 0 Å². The van der Waals surface area contributed by atoms with Gasteiger partial charge in [-0.3, -0.25) is 14.6 Å². The normalized spacial score (nSPS) is 29.0. The van der Waals surface area contributed by atoms with E-state index in [-0.39, 0.29) is 36.0 Å². The molecule has 0 bridgehead atoms. The predicted octanol–water partition coefficient (Wildman–Crippen LogP) is 4.29. The fraction of sp³-hybridized carbons (Fsp3) is 0.464. The Kier molecular flexibility index (Phi) is 5.99. The Hall–Kier alpha value is -3.06. The van der Waals surface area contributed by atoms with Crippen LogP contribution in [-0.4, -0.2) is 51.7 Å². The molecule has 1 saturated carbocycles. The summed E-state index contributed by atoms with van der Waals surface area (Å²) in [6.45, 7) is 2.37. The number of rotatable bonds is 5. The molecule has 35 heavy (non-hydrogen) atoms. The molecule has 7 heteroatoms. The van der Waals surface area contributed by atoms with Crippen molar-refractivity contribution in [2.75, 3.05) is 13.6 Å². The van der Waals surface area contributed by atoms with E-state index < -0.39 is 12.1 Å². The largest absolute Gasteiger partial charge is 0.481 e. The van der Waals surface area contributed by atoms with Crippen molar-refractivity contribution in [3.05, 3.63) is 70.8 Å². The van der Waals surface area contributed by atoms with Crippen LogP contribution in [0.1, 0.15) is 65.6 Å². The van der Waals surface area contributed by atoms with Crippen molar-refractivity contribution in [3.63, 3.8) is 0 Å². The van der Waals surface area contributed by atoms with Crippen molar-refractivity contribution >= 4 is 17.4 Å². The summed E-state index contributed by atoms with van der Waals surface area (Å²) in [4.78, 5) is 29.2. The Morgan fingerprint density at radius 2 is 2.03 bits per heavy atom. The van der Waals surface area contributed by atoms with Crippen LogP contribution in [0.2, 0.25) is 0 Å². The lowest BCUT2D eigenvalue weighted by atomic mass is 9.53. The number of aliphatic carboxylic acids is 1. The molecule has 0 spiro atoms. The van der Waals surface area contributed by atoms with E-state index in [2.05, 4.69) is 18.0 Å². The number of allylic oxidation sites excluding steroid dienone is 1. The fourth-order valence-electron chi connectivity index (χ4n) is 6.94. The van der Waals surface area contributed by atoms with Crippen LogP contribution in [0, 0.1) is 23.1 Å². The summed E-state index contributed by atoms with van der Waals surface area (Å²) in [5.74, 6) is -0.813. The topological polar surface area (TPSA) is 90.7 Å². The molecule has 1 aromatic carbocycles. The molecule has 6 nitrogen and oxygen atoms in total. The van der Waals surface area contributed by atoms with Crippen molar-refractivity contribution in [1.82, 2.24) is 9.88 Å². The molecule has 1 amide bonds. The van der Waals surface area contributed by atoms with Crippen LogP contribution in [0.15, 0.2) is 42.7 Å². The van der Waals surface area contributed by atoms with Gasteiger partial charge in [-0.05, 0) is 83.4 Å². The Balaban J connectivity index is 1.39.